The average Bonchev–Trinajstić information content (AvgIpc) is 2.75. The van der Waals surface area contributed by atoms with E-state index in [0.717, 1.165) is 0 Å². The molecule has 3 aromatic rings. The Kier molecular flexibility index (Phi) is 7.32. The van der Waals surface area contributed by atoms with Gasteiger partial charge in [0.2, 0.25) is 0 Å². The minimum absolute atomic E-state index is 0.139. The van der Waals surface area contributed by atoms with Crippen molar-refractivity contribution >= 4 is 58.4 Å². The predicted octanol–water partition coefficient (Wildman–Crippen LogP) is 6.41. The summed E-state index contributed by atoms with van der Waals surface area (Å²) in [7, 11) is 0. The monoisotopic (exact) mass is 470 g/mol. The Morgan fingerprint density at radius 2 is 1.65 bits per heavy atom. The fraction of sp³-hybridized carbons (Fsp3) is 0. The van der Waals surface area contributed by atoms with Crippen LogP contribution in [-0.2, 0) is 4.79 Å². The van der Waals surface area contributed by atoms with Crippen LogP contribution < -0.4 is 10.1 Å². The summed E-state index contributed by atoms with van der Waals surface area (Å²) in [5.74, 6) is -0.889. The maximum Gasteiger partial charge on any atom is 0.343 e. The molecule has 31 heavy (non-hydrogen) atoms. The molecular formula is C23H13Cl3N2O3. The summed E-state index contributed by atoms with van der Waals surface area (Å²) >= 11 is 17.8. The summed E-state index contributed by atoms with van der Waals surface area (Å²) in [4.78, 5) is 24.6. The first-order valence-corrected chi connectivity index (χ1v) is 9.95. The van der Waals surface area contributed by atoms with E-state index in [2.05, 4.69) is 5.32 Å². The van der Waals surface area contributed by atoms with Crippen LogP contribution in [0.5, 0.6) is 5.75 Å². The lowest BCUT2D eigenvalue weighted by Crippen LogP contribution is -2.13. The Hall–Kier alpha value is -3.30. The molecule has 0 aliphatic rings. The van der Waals surface area contributed by atoms with Crippen LogP contribution in [0, 0.1) is 11.3 Å². The lowest BCUT2D eigenvalue weighted by Gasteiger charge is -2.07. The van der Waals surface area contributed by atoms with Gasteiger partial charge in [0.1, 0.15) is 17.4 Å². The highest BCUT2D eigenvalue weighted by Crippen LogP contribution is 2.26. The number of anilines is 1. The van der Waals surface area contributed by atoms with Crippen LogP contribution in [0.2, 0.25) is 15.1 Å². The summed E-state index contributed by atoms with van der Waals surface area (Å²) in [6, 6.07) is 19.2. The van der Waals surface area contributed by atoms with E-state index in [4.69, 9.17) is 39.5 Å². The first kappa shape index (κ1) is 22.4. The molecule has 3 aromatic carbocycles. The Bertz CT molecular complexity index is 1220. The molecule has 0 saturated carbocycles. The summed E-state index contributed by atoms with van der Waals surface area (Å²) in [6.45, 7) is 0. The molecule has 0 radical (unpaired) electrons. The lowest BCUT2D eigenvalue weighted by molar-refractivity contribution is -0.112. The Morgan fingerprint density at radius 3 is 2.32 bits per heavy atom. The van der Waals surface area contributed by atoms with Crippen molar-refractivity contribution < 1.29 is 14.3 Å². The highest BCUT2D eigenvalue weighted by Gasteiger charge is 2.13. The van der Waals surface area contributed by atoms with Crippen LogP contribution in [0.1, 0.15) is 15.9 Å². The van der Waals surface area contributed by atoms with E-state index in [1.807, 2.05) is 6.07 Å². The van der Waals surface area contributed by atoms with Gasteiger partial charge in [-0.15, -0.1) is 0 Å². The van der Waals surface area contributed by atoms with Crippen molar-refractivity contribution in [2.24, 2.45) is 0 Å². The van der Waals surface area contributed by atoms with Crippen molar-refractivity contribution in [3.63, 3.8) is 0 Å². The van der Waals surface area contributed by atoms with Crippen LogP contribution in [0.3, 0.4) is 0 Å². The Balaban J connectivity index is 1.71. The van der Waals surface area contributed by atoms with Crippen LogP contribution in [-0.4, -0.2) is 11.9 Å². The third kappa shape index (κ3) is 6.09. The number of halogens is 3. The molecule has 0 unspecified atom stereocenters. The molecule has 0 aromatic heterocycles. The fourth-order valence-corrected chi connectivity index (χ4v) is 3.04. The first-order chi connectivity index (χ1) is 14.9. The summed E-state index contributed by atoms with van der Waals surface area (Å²) < 4.78 is 5.30. The molecule has 0 saturated heterocycles. The zero-order chi connectivity index (χ0) is 22.4. The van der Waals surface area contributed by atoms with E-state index in [-0.39, 0.29) is 5.57 Å². The van der Waals surface area contributed by atoms with Crippen molar-refractivity contribution in [2.45, 2.75) is 0 Å². The first-order valence-electron chi connectivity index (χ1n) is 8.82. The third-order valence-electron chi connectivity index (χ3n) is 4.00. The number of amides is 1. The Labute approximate surface area is 193 Å². The van der Waals surface area contributed by atoms with Gasteiger partial charge in [-0.25, -0.2) is 4.79 Å². The second-order valence-electron chi connectivity index (χ2n) is 6.22. The molecule has 0 aliphatic heterocycles. The number of carbonyl (C=O) groups is 2. The van der Waals surface area contributed by atoms with Crippen LogP contribution in [0.15, 0.2) is 72.3 Å². The number of ether oxygens (including phenoxy) is 1. The quantitative estimate of drug-likeness (QED) is 0.202. The Morgan fingerprint density at radius 1 is 0.935 bits per heavy atom. The number of rotatable bonds is 5. The third-order valence-corrected chi connectivity index (χ3v) is 4.80. The number of nitrogens with zero attached hydrogens (tertiary/aromatic N) is 1. The van der Waals surface area contributed by atoms with E-state index in [1.54, 1.807) is 54.6 Å². The van der Waals surface area contributed by atoms with E-state index < -0.39 is 11.9 Å². The number of hydrogen-bond acceptors (Lipinski definition) is 4. The van der Waals surface area contributed by atoms with E-state index >= 15 is 0 Å². The minimum Gasteiger partial charge on any atom is -0.423 e. The van der Waals surface area contributed by atoms with Gasteiger partial charge in [-0.3, -0.25) is 4.79 Å². The molecule has 8 heteroatoms. The topological polar surface area (TPSA) is 79.2 Å². The van der Waals surface area contributed by atoms with Crippen molar-refractivity contribution in [3.8, 4) is 11.8 Å². The number of benzene rings is 3. The predicted molar refractivity (Wildman–Crippen MR) is 122 cm³/mol. The second kappa shape index (κ2) is 10.1. The number of hydrogen-bond donors (Lipinski definition) is 1. The van der Waals surface area contributed by atoms with Gasteiger partial charge in [-0.1, -0.05) is 53.0 Å². The van der Waals surface area contributed by atoms with Gasteiger partial charge < -0.3 is 10.1 Å². The number of nitrogens with one attached hydrogen (secondary N) is 1. The van der Waals surface area contributed by atoms with Gasteiger partial charge in [0.15, 0.2) is 0 Å². The van der Waals surface area contributed by atoms with Crippen LogP contribution in [0.25, 0.3) is 6.08 Å². The average molecular weight is 472 g/mol. The molecule has 0 heterocycles. The second-order valence-corrected chi connectivity index (χ2v) is 7.50. The molecule has 154 valence electrons. The molecule has 1 amide bonds. The van der Waals surface area contributed by atoms with Gasteiger partial charge in [-0.05, 0) is 60.2 Å². The SMILES string of the molecule is N#C/C(=C/c1ccc(OC(=O)c2cccc(Cl)c2)cc1)C(=O)Nc1cc(Cl)ccc1Cl. The fourth-order valence-electron chi connectivity index (χ4n) is 2.51. The van der Waals surface area contributed by atoms with Gasteiger partial charge in [0, 0.05) is 10.0 Å². The maximum absolute atomic E-state index is 12.4. The zero-order valence-corrected chi connectivity index (χ0v) is 18.0. The number of carbonyl (C=O) groups excluding carboxylic acids is 2. The number of nitriles is 1. The minimum atomic E-state index is -0.636. The summed E-state index contributed by atoms with van der Waals surface area (Å²) in [6.07, 6.45) is 1.40. The van der Waals surface area contributed by atoms with E-state index in [0.29, 0.717) is 37.6 Å². The largest absolute Gasteiger partial charge is 0.423 e. The molecule has 0 fully saturated rings. The van der Waals surface area contributed by atoms with Crippen LogP contribution in [0.4, 0.5) is 5.69 Å². The molecule has 0 aliphatic carbocycles. The van der Waals surface area contributed by atoms with Gasteiger partial charge in [0.05, 0.1) is 16.3 Å². The molecule has 0 atom stereocenters. The molecular weight excluding hydrogens is 459 g/mol. The smallest absolute Gasteiger partial charge is 0.343 e. The van der Waals surface area contributed by atoms with Crippen molar-refractivity contribution in [3.05, 3.63) is 98.5 Å². The van der Waals surface area contributed by atoms with Crippen LogP contribution >= 0.6 is 34.8 Å². The summed E-state index contributed by atoms with van der Waals surface area (Å²) in [5, 5.41) is 13.0. The van der Waals surface area contributed by atoms with Gasteiger partial charge in [-0.2, -0.15) is 5.26 Å². The van der Waals surface area contributed by atoms with E-state index in [9.17, 15) is 14.9 Å². The van der Waals surface area contributed by atoms with Gasteiger partial charge >= 0.3 is 5.97 Å². The van der Waals surface area contributed by atoms with Crippen molar-refractivity contribution in [1.29, 1.82) is 5.26 Å². The molecule has 3 rings (SSSR count). The van der Waals surface area contributed by atoms with Crippen molar-refractivity contribution in [1.82, 2.24) is 0 Å². The maximum atomic E-state index is 12.4. The molecule has 1 N–H and O–H groups in total. The standard InChI is InChI=1S/C23H13Cl3N2O3/c24-17-3-1-2-15(11-17)23(30)31-19-7-4-14(5-8-19)10-16(13-27)22(29)28-21-12-18(25)6-9-20(21)26/h1-12H,(H,28,29)/b16-10-. The van der Waals surface area contributed by atoms with Crippen molar-refractivity contribution in [2.75, 3.05) is 5.32 Å². The highest BCUT2D eigenvalue weighted by molar-refractivity contribution is 6.36. The molecule has 5 nitrogen and oxygen atoms in total. The highest BCUT2D eigenvalue weighted by atomic mass is 35.5. The molecule has 0 spiro atoms. The molecule has 0 bridgehead atoms. The van der Waals surface area contributed by atoms with Gasteiger partial charge in [0.25, 0.3) is 5.91 Å². The zero-order valence-electron chi connectivity index (χ0n) is 15.7. The normalized spacial score (nSPS) is 10.8. The van der Waals surface area contributed by atoms with E-state index in [1.165, 1.54) is 18.2 Å². The number of esters is 1. The lowest BCUT2D eigenvalue weighted by atomic mass is 10.1. The summed E-state index contributed by atoms with van der Waals surface area (Å²) in [5.41, 5.74) is 1.04.